The van der Waals surface area contributed by atoms with Gasteiger partial charge in [0.15, 0.2) is 5.65 Å². The minimum absolute atomic E-state index is 0.219. The summed E-state index contributed by atoms with van der Waals surface area (Å²) in [4.78, 5) is 20.6. The molecule has 1 amide bonds. The van der Waals surface area contributed by atoms with Crippen LogP contribution in [0.4, 0.5) is 4.79 Å². The summed E-state index contributed by atoms with van der Waals surface area (Å²) < 4.78 is 6.67. The van der Waals surface area contributed by atoms with Gasteiger partial charge in [-0.05, 0) is 0 Å². The van der Waals surface area contributed by atoms with Crippen LogP contribution < -0.4 is 4.74 Å². The van der Waals surface area contributed by atoms with E-state index < -0.39 is 6.09 Å². The molecular weight excluding hydrogens is 210 g/mol. The van der Waals surface area contributed by atoms with Crippen molar-refractivity contribution in [1.29, 1.82) is 0 Å². The van der Waals surface area contributed by atoms with Crippen molar-refractivity contribution in [2.75, 3.05) is 14.1 Å². The molecule has 84 valence electrons. The Morgan fingerprint density at radius 2 is 2.19 bits per heavy atom. The molecule has 2 aromatic rings. The third-order valence-corrected chi connectivity index (χ3v) is 2.04. The largest absolute Gasteiger partial charge is 0.416 e. The third kappa shape index (κ3) is 1.67. The summed E-state index contributed by atoms with van der Waals surface area (Å²) in [7, 11) is 4.96. The molecule has 0 atom stereocenters. The Hall–Kier alpha value is -2.18. The SMILES string of the molecule is CN(C)C(=O)Oc1ncnc2c1cnn2C. The molecule has 0 spiro atoms. The molecule has 0 unspecified atom stereocenters. The van der Waals surface area contributed by atoms with Crippen LogP contribution in [-0.4, -0.2) is 44.8 Å². The molecule has 0 aromatic carbocycles. The summed E-state index contributed by atoms with van der Waals surface area (Å²) in [6.07, 6.45) is 2.42. The van der Waals surface area contributed by atoms with Crippen LogP contribution in [0.5, 0.6) is 5.88 Å². The van der Waals surface area contributed by atoms with Crippen molar-refractivity contribution in [3.05, 3.63) is 12.5 Å². The molecule has 7 heteroatoms. The number of ether oxygens (including phenoxy) is 1. The van der Waals surface area contributed by atoms with Gasteiger partial charge in [-0.15, -0.1) is 0 Å². The van der Waals surface area contributed by atoms with Gasteiger partial charge >= 0.3 is 6.09 Å². The fourth-order valence-corrected chi connectivity index (χ4v) is 1.20. The lowest BCUT2D eigenvalue weighted by Gasteiger charge is -2.09. The number of hydrogen-bond donors (Lipinski definition) is 0. The highest BCUT2D eigenvalue weighted by Crippen LogP contribution is 2.20. The summed E-state index contributed by atoms with van der Waals surface area (Å²) in [5.41, 5.74) is 0.622. The molecule has 0 N–H and O–H groups in total. The number of hydrogen-bond acceptors (Lipinski definition) is 5. The standard InChI is InChI=1S/C9H11N5O2/c1-13(2)9(15)16-8-6-4-12-14(3)7(6)10-5-11-8/h4-5H,1-3H3. The number of carbonyl (C=O) groups is 1. The zero-order valence-corrected chi connectivity index (χ0v) is 9.21. The van der Waals surface area contributed by atoms with E-state index in [0.29, 0.717) is 11.0 Å². The predicted octanol–water partition coefficient (Wildman–Crippen LogP) is 0.424. The first kappa shape index (κ1) is 10.3. The zero-order valence-electron chi connectivity index (χ0n) is 9.21. The Kier molecular flexibility index (Phi) is 2.43. The highest BCUT2D eigenvalue weighted by molar-refractivity contribution is 5.82. The van der Waals surface area contributed by atoms with Crippen LogP contribution in [0.1, 0.15) is 0 Å². The second-order valence-electron chi connectivity index (χ2n) is 3.45. The smallest absolute Gasteiger partial charge is 0.390 e. The number of aromatic nitrogens is 4. The van der Waals surface area contributed by atoms with Crippen LogP contribution in [0.2, 0.25) is 0 Å². The van der Waals surface area contributed by atoms with Crippen LogP contribution in [0.3, 0.4) is 0 Å². The normalized spacial score (nSPS) is 10.4. The molecule has 16 heavy (non-hydrogen) atoms. The minimum Gasteiger partial charge on any atom is -0.390 e. The Bertz CT molecular complexity index is 534. The van der Waals surface area contributed by atoms with Gasteiger partial charge in [-0.25, -0.2) is 14.8 Å². The van der Waals surface area contributed by atoms with Gasteiger partial charge < -0.3 is 9.64 Å². The number of fused-ring (bicyclic) bond motifs is 1. The van der Waals surface area contributed by atoms with Gasteiger partial charge in [-0.2, -0.15) is 5.10 Å². The maximum Gasteiger partial charge on any atom is 0.416 e. The number of carbonyl (C=O) groups excluding carboxylic acids is 1. The molecule has 7 nitrogen and oxygen atoms in total. The summed E-state index contributed by atoms with van der Waals surface area (Å²) in [6.45, 7) is 0. The van der Waals surface area contributed by atoms with E-state index in [2.05, 4.69) is 15.1 Å². The van der Waals surface area contributed by atoms with E-state index in [1.54, 1.807) is 32.0 Å². The van der Waals surface area contributed by atoms with Gasteiger partial charge in [-0.1, -0.05) is 0 Å². The molecule has 0 aliphatic heterocycles. The summed E-state index contributed by atoms with van der Waals surface area (Å²) in [5, 5.41) is 4.63. The van der Waals surface area contributed by atoms with Crippen molar-refractivity contribution >= 4 is 17.1 Å². The number of rotatable bonds is 1. The fourth-order valence-electron chi connectivity index (χ4n) is 1.20. The molecule has 0 saturated heterocycles. The van der Waals surface area contributed by atoms with Crippen molar-refractivity contribution in [3.63, 3.8) is 0 Å². The van der Waals surface area contributed by atoms with Gasteiger partial charge in [0.25, 0.3) is 0 Å². The molecule has 0 aliphatic carbocycles. The maximum absolute atomic E-state index is 11.4. The highest BCUT2D eigenvalue weighted by atomic mass is 16.6. The van der Waals surface area contributed by atoms with Gasteiger partial charge in [0.2, 0.25) is 5.88 Å². The van der Waals surface area contributed by atoms with E-state index in [9.17, 15) is 4.79 Å². The monoisotopic (exact) mass is 221 g/mol. The molecule has 0 fully saturated rings. The third-order valence-electron chi connectivity index (χ3n) is 2.04. The quantitative estimate of drug-likeness (QED) is 0.697. The molecule has 0 bridgehead atoms. The van der Waals surface area contributed by atoms with Crippen LogP contribution >= 0.6 is 0 Å². The topological polar surface area (TPSA) is 73.1 Å². The number of nitrogens with zero attached hydrogens (tertiary/aromatic N) is 5. The van der Waals surface area contributed by atoms with Crippen molar-refractivity contribution in [3.8, 4) is 5.88 Å². The van der Waals surface area contributed by atoms with Crippen LogP contribution in [0, 0.1) is 0 Å². The second-order valence-corrected chi connectivity index (χ2v) is 3.45. The molecule has 2 rings (SSSR count). The van der Waals surface area contributed by atoms with Gasteiger partial charge in [-0.3, -0.25) is 4.68 Å². The molecule has 0 aliphatic rings. The highest BCUT2D eigenvalue weighted by Gasteiger charge is 2.13. The summed E-state index contributed by atoms with van der Waals surface area (Å²) in [6, 6.07) is 0. The molecule has 2 aromatic heterocycles. The first-order valence-corrected chi connectivity index (χ1v) is 4.61. The lowest BCUT2D eigenvalue weighted by atomic mass is 10.4. The van der Waals surface area contributed by atoms with Gasteiger partial charge in [0.05, 0.1) is 6.20 Å². The van der Waals surface area contributed by atoms with E-state index >= 15 is 0 Å². The average molecular weight is 221 g/mol. The van der Waals surface area contributed by atoms with E-state index in [0.717, 1.165) is 0 Å². The fraction of sp³-hybridized carbons (Fsp3) is 0.333. The van der Waals surface area contributed by atoms with E-state index in [1.807, 2.05) is 0 Å². The number of amides is 1. The van der Waals surface area contributed by atoms with Crippen molar-refractivity contribution in [2.45, 2.75) is 0 Å². The first-order valence-electron chi connectivity index (χ1n) is 4.61. The second kappa shape index (κ2) is 3.76. The lowest BCUT2D eigenvalue weighted by Crippen LogP contribution is -2.25. The molecule has 2 heterocycles. The Labute approximate surface area is 91.7 Å². The summed E-state index contributed by atoms with van der Waals surface area (Å²) in [5.74, 6) is 0.219. The van der Waals surface area contributed by atoms with Gasteiger partial charge in [0, 0.05) is 21.1 Å². The van der Waals surface area contributed by atoms with Crippen molar-refractivity contribution < 1.29 is 9.53 Å². The van der Waals surface area contributed by atoms with E-state index in [4.69, 9.17) is 4.74 Å². The van der Waals surface area contributed by atoms with Crippen LogP contribution in [-0.2, 0) is 7.05 Å². The number of aryl methyl sites for hydroxylation is 1. The first-order chi connectivity index (χ1) is 7.59. The van der Waals surface area contributed by atoms with Crippen molar-refractivity contribution in [2.24, 2.45) is 7.05 Å². The van der Waals surface area contributed by atoms with Crippen molar-refractivity contribution in [1.82, 2.24) is 24.6 Å². The average Bonchev–Trinajstić information content (AvgIpc) is 2.62. The molecular formula is C9H11N5O2. The Morgan fingerprint density at radius 3 is 2.88 bits per heavy atom. The van der Waals surface area contributed by atoms with Crippen LogP contribution in [0.25, 0.3) is 11.0 Å². The maximum atomic E-state index is 11.4. The van der Waals surface area contributed by atoms with E-state index in [-0.39, 0.29) is 5.88 Å². The zero-order chi connectivity index (χ0) is 11.7. The summed E-state index contributed by atoms with van der Waals surface area (Å²) >= 11 is 0. The Balaban J connectivity index is 2.41. The van der Waals surface area contributed by atoms with Crippen LogP contribution in [0.15, 0.2) is 12.5 Å². The van der Waals surface area contributed by atoms with E-state index in [1.165, 1.54) is 11.2 Å². The minimum atomic E-state index is -0.483. The predicted molar refractivity (Wildman–Crippen MR) is 56.0 cm³/mol. The molecule has 0 saturated carbocycles. The molecule has 0 radical (unpaired) electrons. The Morgan fingerprint density at radius 1 is 1.44 bits per heavy atom. The van der Waals surface area contributed by atoms with Gasteiger partial charge in [0.1, 0.15) is 11.7 Å². The lowest BCUT2D eigenvalue weighted by molar-refractivity contribution is 0.170.